The van der Waals surface area contributed by atoms with Gasteiger partial charge in [0.1, 0.15) is 23.9 Å². The van der Waals surface area contributed by atoms with E-state index in [1.165, 1.54) is 56.7 Å². The lowest BCUT2D eigenvalue weighted by Crippen LogP contribution is -2.30. The fraction of sp³-hybridized carbons (Fsp3) is 0.160. The first kappa shape index (κ1) is 24.8. The van der Waals surface area contributed by atoms with Gasteiger partial charge in [0, 0.05) is 16.7 Å². The van der Waals surface area contributed by atoms with Crippen LogP contribution in [0.4, 0.5) is 9.18 Å². The van der Waals surface area contributed by atoms with Crippen LogP contribution in [0, 0.1) is 5.82 Å². The molecule has 0 bridgehead atoms. The van der Waals surface area contributed by atoms with Crippen LogP contribution < -0.4 is 14.8 Å². The summed E-state index contributed by atoms with van der Waals surface area (Å²) in [5.74, 6) is -1.04. The number of imide groups is 1. The standard InChI is InChI=1S/C25H20ClFN2O7/c1-33-21-11-16(26)9-15(22(21)35-13-14-4-3-5-17(27)8-14)10-19-23(30)29(25(32)28-19)12-18-6-7-20(36-18)24(31)34-2/h3-11H,12-13H2,1-2H3,(H,28,32)/b19-10+. The third-order valence-corrected chi connectivity index (χ3v) is 5.38. The number of rotatable bonds is 8. The summed E-state index contributed by atoms with van der Waals surface area (Å²) in [6.45, 7) is -0.194. The molecule has 4 rings (SSSR count). The first-order valence-electron chi connectivity index (χ1n) is 10.6. The van der Waals surface area contributed by atoms with Crippen LogP contribution in [-0.4, -0.2) is 37.0 Å². The fourth-order valence-electron chi connectivity index (χ4n) is 3.48. The number of benzene rings is 2. The number of furan rings is 1. The van der Waals surface area contributed by atoms with Gasteiger partial charge in [0.15, 0.2) is 11.5 Å². The average Bonchev–Trinajstić information content (AvgIpc) is 3.43. The van der Waals surface area contributed by atoms with Crippen LogP contribution in [0.5, 0.6) is 11.5 Å². The van der Waals surface area contributed by atoms with E-state index in [9.17, 15) is 18.8 Å². The third kappa shape index (κ3) is 5.33. The van der Waals surface area contributed by atoms with E-state index in [-0.39, 0.29) is 41.9 Å². The lowest BCUT2D eigenvalue weighted by atomic mass is 10.1. The van der Waals surface area contributed by atoms with Gasteiger partial charge in [0.25, 0.3) is 5.91 Å². The van der Waals surface area contributed by atoms with Crippen LogP contribution in [-0.2, 0) is 22.7 Å². The van der Waals surface area contributed by atoms with Gasteiger partial charge in [-0.15, -0.1) is 0 Å². The zero-order valence-corrected chi connectivity index (χ0v) is 19.9. The van der Waals surface area contributed by atoms with Crippen LogP contribution in [0.1, 0.15) is 27.4 Å². The number of nitrogens with one attached hydrogen (secondary N) is 1. The van der Waals surface area contributed by atoms with Gasteiger partial charge in [0.2, 0.25) is 5.76 Å². The van der Waals surface area contributed by atoms with Crippen LogP contribution in [0.25, 0.3) is 6.08 Å². The van der Waals surface area contributed by atoms with Crippen LogP contribution in [0.15, 0.2) is 58.6 Å². The predicted molar refractivity (Wildman–Crippen MR) is 126 cm³/mol. The number of esters is 1. The molecule has 3 aromatic rings. The molecular formula is C25H20ClFN2O7. The Morgan fingerprint density at radius 3 is 2.69 bits per heavy atom. The molecule has 36 heavy (non-hydrogen) atoms. The van der Waals surface area contributed by atoms with E-state index in [1.807, 2.05) is 0 Å². The third-order valence-electron chi connectivity index (χ3n) is 5.16. The van der Waals surface area contributed by atoms with Crippen molar-refractivity contribution < 1.29 is 37.4 Å². The maximum Gasteiger partial charge on any atom is 0.373 e. The van der Waals surface area contributed by atoms with Crippen LogP contribution in [0.2, 0.25) is 5.02 Å². The minimum absolute atomic E-state index is 0.0133. The zero-order chi connectivity index (χ0) is 25.8. The number of carbonyl (C=O) groups excluding carboxylic acids is 3. The van der Waals surface area contributed by atoms with E-state index in [1.54, 1.807) is 12.1 Å². The Labute approximate surface area is 210 Å². The monoisotopic (exact) mass is 514 g/mol. The second-order valence-electron chi connectivity index (χ2n) is 7.58. The minimum atomic E-state index is -0.682. The molecule has 1 N–H and O–H groups in total. The van der Waals surface area contributed by atoms with Crippen LogP contribution in [0.3, 0.4) is 0 Å². The molecule has 2 aromatic carbocycles. The number of urea groups is 1. The van der Waals surface area contributed by atoms with Gasteiger partial charge in [-0.1, -0.05) is 23.7 Å². The molecule has 1 aromatic heterocycles. The van der Waals surface area contributed by atoms with Gasteiger partial charge in [-0.25, -0.2) is 14.0 Å². The summed E-state index contributed by atoms with van der Waals surface area (Å²) >= 11 is 6.22. The Bertz CT molecular complexity index is 1370. The highest BCUT2D eigenvalue weighted by Gasteiger charge is 2.34. The smallest absolute Gasteiger partial charge is 0.373 e. The number of hydrogen-bond donors (Lipinski definition) is 1. The molecule has 186 valence electrons. The number of amides is 3. The Balaban J connectivity index is 1.59. The maximum atomic E-state index is 13.6. The van der Waals surface area contributed by atoms with Gasteiger partial charge in [-0.05, 0) is 42.0 Å². The van der Waals surface area contributed by atoms with Crippen molar-refractivity contribution in [3.8, 4) is 11.5 Å². The van der Waals surface area contributed by atoms with Crippen molar-refractivity contribution >= 4 is 35.6 Å². The highest BCUT2D eigenvalue weighted by Crippen LogP contribution is 2.37. The van der Waals surface area contributed by atoms with Gasteiger partial charge in [-0.2, -0.15) is 0 Å². The molecule has 1 fully saturated rings. The Hall–Kier alpha value is -4.31. The Morgan fingerprint density at radius 2 is 1.97 bits per heavy atom. The second kappa shape index (κ2) is 10.5. The number of hydrogen-bond acceptors (Lipinski definition) is 7. The summed E-state index contributed by atoms with van der Waals surface area (Å²) in [7, 11) is 2.63. The molecule has 9 nitrogen and oxygen atoms in total. The predicted octanol–water partition coefficient (Wildman–Crippen LogP) is 4.54. The lowest BCUT2D eigenvalue weighted by Gasteiger charge is -2.15. The molecule has 1 saturated heterocycles. The summed E-state index contributed by atoms with van der Waals surface area (Å²) in [6.07, 6.45) is 1.40. The van der Waals surface area contributed by atoms with E-state index < -0.39 is 23.7 Å². The second-order valence-corrected chi connectivity index (χ2v) is 8.02. The first-order valence-corrected chi connectivity index (χ1v) is 10.9. The van der Waals surface area contributed by atoms with Crippen molar-refractivity contribution in [2.75, 3.05) is 14.2 Å². The minimum Gasteiger partial charge on any atom is -0.493 e. The zero-order valence-electron chi connectivity index (χ0n) is 19.2. The van der Waals surface area contributed by atoms with Crippen molar-refractivity contribution in [2.24, 2.45) is 0 Å². The summed E-state index contributed by atoms with van der Waals surface area (Å²) in [6, 6.07) is 11.1. The number of nitrogens with zero attached hydrogens (tertiary/aromatic N) is 1. The summed E-state index contributed by atoms with van der Waals surface area (Å²) < 4.78 is 34.8. The maximum absolute atomic E-state index is 13.6. The van der Waals surface area contributed by atoms with Gasteiger partial charge in [-0.3, -0.25) is 9.69 Å². The quantitative estimate of drug-likeness (QED) is 0.267. The number of ether oxygens (including phenoxy) is 3. The largest absolute Gasteiger partial charge is 0.493 e. The molecule has 0 aliphatic carbocycles. The van der Waals surface area contributed by atoms with Crippen molar-refractivity contribution in [3.05, 3.63) is 87.7 Å². The molecule has 2 heterocycles. The highest BCUT2D eigenvalue weighted by atomic mass is 35.5. The number of carbonyl (C=O) groups is 3. The molecule has 0 saturated carbocycles. The molecule has 0 spiro atoms. The summed E-state index contributed by atoms with van der Waals surface area (Å²) in [5, 5.41) is 2.81. The molecule has 0 unspecified atom stereocenters. The first-order chi connectivity index (χ1) is 17.3. The van der Waals surface area contributed by atoms with Gasteiger partial charge in [0.05, 0.1) is 20.8 Å². The number of halogens is 2. The van der Waals surface area contributed by atoms with E-state index in [0.29, 0.717) is 16.1 Å². The topological polar surface area (TPSA) is 107 Å². The molecule has 11 heteroatoms. The summed E-state index contributed by atoms with van der Waals surface area (Å²) in [4.78, 5) is 38.0. The highest BCUT2D eigenvalue weighted by molar-refractivity contribution is 6.31. The van der Waals surface area contributed by atoms with Crippen molar-refractivity contribution in [2.45, 2.75) is 13.2 Å². The Morgan fingerprint density at radius 1 is 1.17 bits per heavy atom. The SMILES string of the molecule is COC(=O)c1ccc(CN2C(=O)N/C(=C/c3cc(Cl)cc(OC)c3OCc3cccc(F)c3)C2=O)o1. The van der Waals surface area contributed by atoms with Crippen LogP contribution >= 0.6 is 11.6 Å². The van der Waals surface area contributed by atoms with Gasteiger partial charge >= 0.3 is 12.0 Å². The lowest BCUT2D eigenvalue weighted by molar-refractivity contribution is -0.123. The van der Waals surface area contributed by atoms with Gasteiger partial charge < -0.3 is 23.9 Å². The van der Waals surface area contributed by atoms with Crippen molar-refractivity contribution in [1.29, 1.82) is 0 Å². The molecule has 1 aliphatic rings. The molecule has 3 amide bonds. The average molecular weight is 515 g/mol. The van der Waals surface area contributed by atoms with Crippen molar-refractivity contribution in [3.63, 3.8) is 0 Å². The van der Waals surface area contributed by atoms with Crippen molar-refractivity contribution in [1.82, 2.24) is 10.2 Å². The number of methoxy groups -OCH3 is 2. The Kier molecular flexibility index (Phi) is 7.25. The van der Waals surface area contributed by atoms with E-state index in [0.717, 1.165) is 4.90 Å². The fourth-order valence-corrected chi connectivity index (χ4v) is 3.70. The van der Waals surface area contributed by atoms with E-state index >= 15 is 0 Å². The molecule has 0 atom stereocenters. The van der Waals surface area contributed by atoms with E-state index in [2.05, 4.69) is 10.1 Å². The summed E-state index contributed by atoms with van der Waals surface area (Å²) in [5.41, 5.74) is 0.888. The molecule has 0 radical (unpaired) electrons. The van der Waals surface area contributed by atoms with E-state index in [4.69, 9.17) is 25.5 Å². The molecule has 1 aliphatic heterocycles. The molecular weight excluding hydrogens is 495 g/mol. The normalized spacial score (nSPS) is 14.2.